The number of amidine groups is 1. The second kappa shape index (κ2) is 17.6. The van der Waals surface area contributed by atoms with E-state index in [0.717, 1.165) is 40.0 Å². The Labute approximate surface area is 239 Å². The molecule has 0 heterocycles. The van der Waals surface area contributed by atoms with Gasteiger partial charge in [-0.15, -0.1) is 13.2 Å². The van der Waals surface area contributed by atoms with Crippen LogP contribution in [0.15, 0.2) is 120 Å². The summed E-state index contributed by atoms with van der Waals surface area (Å²) < 4.78 is 5.81. The molecule has 1 radical (unpaired) electrons. The molecule has 5 heteroatoms. The maximum atomic E-state index is 6.11. The average molecular weight is 530 g/mol. The highest BCUT2D eigenvalue weighted by molar-refractivity contribution is 7.81. The van der Waals surface area contributed by atoms with Crippen molar-refractivity contribution in [1.82, 2.24) is 0 Å². The summed E-state index contributed by atoms with van der Waals surface area (Å²) in [6, 6.07) is 8.11. The summed E-state index contributed by atoms with van der Waals surface area (Å²) in [5.74, 6) is 0.588. The molecule has 38 heavy (non-hydrogen) atoms. The van der Waals surface area contributed by atoms with E-state index in [4.69, 9.17) is 14.6 Å². The Morgan fingerprint density at radius 1 is 1.05 bits per heavy atom. The number of aliphatic imine (C=N–C) groups is 2. The summed E-state index contributed by atoms with van der Waals surface area (Å²) in [6.45, 7) is 30.1. The molecule has 1 rings (SSSR count). The molecule has 0 bridgehead atoms. The van der Waals surface area contributed by atoms with Crippen molar-refractivity contribution < 1.29 is 4.65 Å². The van der Waals surface area contributed by atoms with Gasteiger partial charge in [-0.2, -0.15) is 12.6 Å². The molecule has 0 N–H and O–H groups in total. The maximum absolute atomic E-state index is 6.11. The third-order valence-corrected chi connectivity index (χ3v) is 6.48. The van der Waals surface area contributed by atoms with Gasteiger partial charge in [0.15, 0.2) is 5.84 Å². The molecule has 203 valence electrons. The number of hydrogen-bond acceptors (Lipinski definition) is 3. The van der Waals surface area contributed by atoms with Gasteiger partial charge in [0.05, 0.1) is 11.3 Å². The summed E-state index contributed by atoms with van der Waals surface area (Å²) in [6.07, 6.45) is 14.4. The molecule has 1 aromatic carbocycles. The first-order chi connectivity index (χ1) is 17.9. The number of rotatable bonds is 12. The van der Waals surface area contributed by atoms with Crippen molar-refractivity contribution in [1.29, 1.82) is 0 Å². The van der Waals surface area contributed by atoms with Crippen LogP contribution in [0.3, 0.4) is 0 Å². The van der Waals surface area contributed by atoms with Crippen LogP contribution < -0.4 is 5.46 Å². The van der Waals surface area contributed by atoms with Gasteiger partial charge in [0, 0.05) is 16.0 Å². The molecule has 0 aromatic heterocycles. The van der Waals surface area contributed by atoms with Crippen LogP contribution in [0.25, 0.3) is 0 Å². The van der Waals surface area contributed by atoms with E-state index in [-0.39, 0.29) is 4.75 Å². The molecule has 0 unspecified atom stereocenters. The first-order valence-corrected chi connectivity index (χ1v) is 13.3. The van der Waals surface area contributed by atoms with Gasteiger partial charge in [0.25, 0.3) is 0 Å². The Morgan fingerprint density at radius 3 is 2.18 bits per heavy atom. The predicted molar refractivity (Wildman–Crippen MR) is 176 cm³/mol. The Bertz CT molecular complexity index is 1110. The number of benzene rings is 1. The highest BCUT2D eigenvalue weighted by Crippen LogP contribution is 2.30. The van der Waals surface area contributed by atoms with E-state index in [1.54, 1.807) is 13.6 Å². The summed E-state index contributed by atoms with van der Waals surface area (Å²) in [5.41, 5.74) is 4.95. The van der Waals surface area contributed by atoms with Crippen LogP contribution in [0.5, 0.6) is 0 Å². The molecule has 0 spiro atoms. The fraction of sp³-hybridized carbons (Fsp3) is 0.333. The third kappa shape index (κ3) is 11.2. The van der Waals surface area contributed by atoms with Crippen molar-refractivity contribution in [2.75, 3.05) is 0 Å². The first-order valence-electron chi connectivity index (χ1n) is 12.9. The van der Waals surface area contributed by atoms with E-state index in [1.807, 2.05) is 97.0 Å². The van der Waals surface area contributed by atoms with Crippen molar-refractivity contribution >= 4 is 37.1 Å². The normalized spacial score (nSPS) is 14.2. The SMILES string of the molecule is C=C.C=CC(=C\C)/C(=C\CC)/N=C(N=C(C)c1cccc([B]OC(C)(C)C(C)(C)S)c1)\C(C=C)=C\C=C/C. The minimum absolute atomic E-state index is 0.300. The Kier molecular flexibility index (Phi) is 16.3. The predicted octanol–water partition coefficient (Wildman–Crippen LogP) is 8.56. The Balaban J connectivity index is 0.00000667. The fourth-order valence-electron chi connectivity index (χ4n) is 2.91. The molecular formula is C33H46BN2OS. The number of allylic oxidation sites excluding steroid dienone is 6. The second-order valence-corrected chi connectivity index (χ2v) is 10.5. The van der Waals surface area contributed by atoms with E-state index >= 15 is 0 Å². The zero-order chi connectivity index (χ0) is 29.4. The molecule has 0 aliphatic carbocycles. The molecule has 0 aliphatic heterocycles. The lowest BCUT2D eigenvalue weighted by Crippen LogP contribution is -2.45. The standard InChI is InChI=1S/C31H42BN2OS.C2H4/c1-11-16-19-25(15-5)29(34-28(18-12-2)24(13-3)14-4)33-23(6)26-20-17-21-27(22-26)32-35-30(7,8)31(9,10)36;1-2/h11,13-22,36H,3,5,12H2,1-2,4,6-10H3;1-2H2/b16-11-,24-14+,25-19+,28-18+,33-23?,34-29+;. The van der Waals surface area contributed by atoms with Crippen molar-refractivity contribution in [2.45, 2.75) is 72.2 Å². The van der Waals surface area contributed by atoms with Gasteiger partial charge < -0.3 is 4.65 Å². The van der Waals surface area contributed by atoms with Gasteiger partial charge in [0.1, 0.15) is 0 Å². The Hall–Kier alpha value is -2.89. The van der Waals surface area contributed by atoms with Crippen molar-refractivity contribution in [2.24, 2.45) is 9.98 Å². The van der Waals surface area contributed by atoms with E-state index in [9.17, 15) is 0 Å². The van der Waals surface area contributed by atoms with Crippen LogP contribution in [0.2, 0.25) is 0 Å². The Morgan fingerprint density at radius 2 is 1.68 bits per heavy atom. The summed E-state index contributed by atoms with van der Waals surface area (Å²) in [4.78, 5) is 9.91. The zero-order valence-electron chi connectivity index (χ0n) is 24.7. The molecule has 0 aliphatic rings. The van der Waals surface area contributed by atoms with Crippen molar-refractivity contribution in [3.8, 4) is 0 Å². The molecule has 0 saturated heterocycles. The molecule has 0 fully saturated rings. The molecular weight excluding hydrogens is 483 g/mol. The van der Waals surface area contributed by atoms with Crippen LogP contribution in [0, 0.1) is 0 Å². The third-order valence-electron chi connectivity index (χ3n) is 5.94. The number of thiol groups is 1. The minimum Gasteiger partial charge on any atom is -0.428 e. The molecule has 0 amide bonds. The second-order valence-electron chi connectivity index (χ2n) is 9.36. The smallest absolute Gasteiger partial charge is 0.330 e. The van der Waals surface area contributed by atoms with Gasteiger partial charge in [-0.05, 0) is 66.0 Å². The van der Waals surface area contributed by atoms with Gasteiger partial charge in [0.2, 0.25) is 0 Å². The fourth-order valence-corrected chi connectivity index (χ4v) is 2.97. The van der Waals surface area contributed by atoms with Crippen LogP contribution in [0.1, 0.15) is 67.4 Å². The van der Waals surface area contributed by atoms with E-state index in [2.05, 4.69) is 58.0 Å². The van der Waals surface area contributed by atoms with Crippen molar-refractivity contribution in [3.05, 3.63) is 116 Å². The summed E-state index contributed by atoms with van der Waals surface area (Å²) in [7, 11) is 1.79. The monoisotopic (exact) mass is 529 g/mol. The van der Waals surface area contributed by atoms with Gasteiger partial charge >= 0.3 is 7.48 Å². The minimum atomic E-state index is -0.441. The summed E-state index contributed by atoms with van der Waals surface area (Å²) >= 11 is 4.69. The quantitative estimate of drug-likeness (QED) is 0.0722. The zero-order valence-corrected chi connectivity index (χ0v) is 25.6. The largest absolute Gasteiger partial charge is 0.428 e. The molecule has 0 saturated carbocycles. The van der Waals surface area contributed by atoms with Crippen molar-refractivity contribution in [3.63, 3.8) is 0 Å². The average Bonchev–Trinajstić information content (AvgIpc) is 2.89. The highest BCUT2D eigenvalue weighted by Gasteiger charge is 2.34. The lowest BCUT2D eigenvalue weighted by Gasteiger charge is -2.38. The molecule has 0 atom stereocenters. The van der Waals surface area contributed by atoms with Crippen LogP contribution in [-0.2, 0) is 4.65 Å². The van der Waals surface area contributed by atoms with Crippen LogP contribution >= 0.6 is 12.6 Å². The molecule has 3 nitrogen and oxygen atoms in total. The summed E-state index contributed by atoms with van der Waals surface area (Å²) in [5, 5.41) is 0. The van der Waals surface area contributed by atoms with E-state index in [1.165, 1.54) is 0 Å². The van der Waals surface area contributed by atoms with E-state index in [0.29, 0.717) is 5.84 Å². The van der Waals surface area contributed by atoms with E-state index < -0.39 is 5.60 Å². The van der Waals surface area contributed by atoms with Crippen LogP contribution in [0.4, 0.5) is 0 Å². The number of nitrogens with zero attached hydrogens (tertiary/aromatic N) is 2. The molecule has 1 aromatic rings. The first kappa shape index (κ1) is 35.1. The number of hydrogen-bond donors (Lipinski definition) is 1. The van der Waals surface area contributed by atoms with Gasteiger partial charge in [-0.3, -0.25) is 0 Å². The van der Waals surface area contributed by atoms with Gasteiger partial charge in [-0.1, -0.05) is 92.3 Å². The highest BCUT2D eigenvalue weighted by atomic mass is 32.1. The van der Waals surface area contributed by atoms with Gasteiger partial charge in [-0.25, -0.2) is 9.98 Å². The van der Waals surface area contributed by atoms with Crippen LogP contribution in [-0.4, -0.2) is 29.4 Å². The maximum Gasteiger partial charge on any atom is 0.330 e. The lowest BCUT2D eigenvalue weighted by atomic mass is 9.83. The topological polar surface area (TPSA) is 34.0 Å². The lowest BCUT2D eigenvalue weighted by molar-refractivity contribution is 0.0854.